The van der Waals surface area contributed by atoms with E-state index in [1.54, 1.807) is 0 Å². The van der Waals surface area contributed by atoms with Crippen LogP contribution in [-0.4, -0.2) is 45.2 Å². The minimum atomic E-state index is 0.361. The molecule has 5 nitrogen and oxygen atoms in total. The molecule has 1 aliphatic rings. The number of hydrogen-bond acceptors (Lipinski definition) is 4. The first-order valence-corrected chi connectivity index (χ1v) is 6.10. The topological polar surface area (TPSA) is 53.7 Å². The van der Waals surface area contributed by atoms with E-state index in [9.17, 15) is 0 Å². The maximum atomic E-state index is 8.82. The monoisotopic (exact) mass is 236 g/mol. The van der Waals surface area contributed by atoms with Crippen molar-refractivity contribution >= 4 is 5.71 Å². The Balaban J connectivity index is 1.84. The molecule has 0 radical (unpaired) electrons. The second-order valence-electron chi connectivity index (χ2n) is 4.74. The van der Waals surface area contributed by atoms with Crippen LogP contribution in [0.5, 0.6) is 0 Å². The van der Waals surface area contributed by atoms with Crippen molar-refractivity contribution in [3.63, 3.8) is 0 Å². The number of oxime groups is 1. The Hall–Kier alpha value is -1.36. The van der Waals surface area contributed by atoms with Gasteiger partial charge >= 0.3 is 0 Å². The second kappa shape index (κ2) is 5.31. The molecule has 1 aromatic rings. The van der Waals surface area contributed by atoms with E-state index in [1.165, 1.54) is 5.69 Å². The van der Waals surface area contributed by atoms with Crippen molar-refractivity contribution in [1.29, 1.82) is 0 Å². The largest absolute Gasteiger partial charge is 0.411 e. The van der Waals surface area contributed by atoms with Gasteiger partial charge in [-0.15, -0.1) is 0 Å². The maximum absolute atomic E-state index is 8.82. The average Bonchev–Trinajstić information content (AvgIpc) is 2.72. The number of rotatable bonds is 3. The molecule has 0 aliphatic carbocycles. The summed E-state index contributed by atoms with van der Waals surface area (Å²) in [5, 5.41) is 16.4. The van der Waals surface area contributed by atoms with Crippen molar-refractivity contribution in [3.05, 3.63) is 18.0 Å². The van der Waals surface area contributed by atoms with Crippen molar-refractivity contribution < 1.29 is 5.21 Å². The summed E-state index contributed by atoms with van der Waals surface area (Å²) < 4.78 is 1.92. The minimum absolute atomic E-state index is 0.361. The molecule has 94 valence electrons. The molecule has 1 atom stereocenters. The number of hydrogen-bond donors (Lipinski definition) is 1. The first-order chi connectivity index (χ1) is 8.20. The molecular weight excluding hydrogens is 216 g/mol. The molecule has 0 aromatic carbocycles. The Labute approximate surface area is 102 Å². The molecule has 1 fully saturated rings. The first kappa shape index (κ1) is 12.1. The number of piperidine rings is 1. The van der Waals surface area contributed by atoms with E-state index in [0.717, 1.165) is 38.2 Å². The van der Waals surface area contributed by atoms with Crippen LogP contribution in [0.4, 0.5) is 0 Å². The van der Waals surface area contributed by atoms with Gasteiger partial charge in [-0.3, -0.25) is 4.68 Å². The van der Waals surface area contributed by atoms with Crippen molar-refractivity contribution in [2.45, 2.75) is 19.8 Å². The first-order valence-electron chi connectivity index (χ1n) is 6.10. The zero-order chi connectivity index (χ0) is 12.3. The zero-order valence-corrected chi connectivity index (χ0v) is 10.5. The molecular formula is C12H20N4O. The van der Waals surface area contributed by atoms with E-state index >= 15 is 0 Å². The van der Waals surface area contributed by atoms with Crippen molar-refractivity contribution in [2.24, 2.45) is 18.1 Å². The van der Waals surface area contributed by atoms with Crippen LogP contribution in [0.1, 0.15) is 19.0 Å². The lowest BCUT2D eigenvalue weighted by Gasteiger charge is -2.31. The Morgan fingerprint density at radius 2 is 2.41 bits per heavy atom. The van der Waals surface area contributed by atoms with Gasteiger partial charge in [0.25, 0.3) is 0 Å². The van der Waals surface area contributed by atoms with Crippen LogP contribution < -0.4 is 0 Å². The minimum Gasteiger partial charge on any atom is -0.411 e. The summed E-state index contributed by atoms with van der Waals surface area (Å²) >= 11 is 0. The summed E-state index contributed by atoms with van der Waals surface area (Å²) in [7, 11) is 1.98. The van der Waals surface area contributed by atoms with E-state index in [0.29, 0.717) is 5.92 Å². The van der Waals surface area contributed by atoms with Crippen LogP contribution >= 0.6 is 0 Å². The van der Waals surface area contributed by atoms with Gasteiger partial charge in [-0.1, -0.05) is 12.1 Å². The van der Waals surface area contributed by atoms with E-state index in [1.807, 2.05) is 17.9 Å². The molecule has 17 heavy (non-hydrogen) atoms. The fraction of sp³-hybridized carbons (Fsp3) is 0.667. The van der Waals surface area contributed by atoms with Crippen LogP contribution in [-0.2, 0) is 13.5 Å². The Morgan fingerprint density at radius 3 is 3.00 bits per heavy atom. The van der Waals surface area contributed by atoms with Gasteiger partial charge in [0.05, 0.1) is 5.71 Å². The smallest absolute Gasteiger partial charge is 0.0624 e. The third-order valence-corrected chi connectivity index (χ3v) is 3.52. The molecule has 0 bridgehead atoms. The molecule has 1 N–H and O–H groups in total. The van der Waals surface area contributed by atoms with E-state index in [4.69, 9.17) is 5.21 Å². The fourth-order valence-corrected chi connectivity index (χ4v) is 2.37. The van der Waals surface area contributed by atoms with Gasteiger partial charge in [-0.05, 0) is 6.07 Å². The van der Waals surface area contributed by atoms with Crippen molar-refractivity contribution in [3.8, 4) is 0 Å². The van der Waals surface area contributed by atoms with Gasteiger partial charge in [0.2, 0.25) is 0 Å². The highest BCUT2D eigenvalue weighted by Gasteiger charge is 2.22. The molecule has 1 unspecified atom stereocenters. The third kappa shape index (κ3) is 2.85. The van der Waals surface area contributed by atoms with E-state index < -0.39 is 0 Å². The van der Waals surface area contributed by atoms with Crippen molar-refractivity contribution in [1.82, 2.24) is 14.7 Å². The molecule has 1 aliphatic heterocycles. The summed E-state index contributed by atoms with van der Waals surface area (Å²) in [6, 6.07) is 2.06. The number of aryl methyl sites for hydroxylation is 1. The Morgan fingerprint density at radius 1 is 1.59 bits per heavy atom. The van der Waals surface area contributed by atoms with Gasteiger partial charge in [0, 0.05) is 57.3 Å². The molecule has 5 heteroatoms. The lowest BCUT2D eigenvalue weighted by Crippen LogP contribution is -2.40. The summed E-state index contributed by atoms with van der Waals surface area (Å²) in [6.07, 6.45) is 3.74. The maximum Gasteiger partial charge on any atom is 0.0624 e. The molecule has 1 saturated heterocycles. The molecule has 2 rings (SSSR count). The van der Waals surface area contributed by atoms with Crippen LogP contribution in [0.25, 0.3) is 0 Å². The second-order valence-corrected chi connectivity index (χ2v) is 4.74. The normalized spacial score (nSPS) is 24.4. The zero-order valence-electron chi connectivity index (χ0n) is 10.5. The molecule has 1 aromatic heterocycles. The summed E-state index contributed by atoms with van der Waals surface area (Å²) in [5.41, 5.74) is 2.20. The van der Waals surface area contributed by atoms with Crippen LogP contribution in [0.15, 0.2) is 17.4 Å². The van der Waals surface area contributed by atoms with Crippen LogP contribution in [0, 0.1) is 5.92 Å². The highest BCUT2D eigenvalue weighted by Crippen LogP contribution is 2.14. The summed E-state index contributed by atoms with van der Waals surface area (Å²) in [6.45, 7) is 5.13. The molecule has 0 saturated carbocycles. The average molecular weight is 236 g/mol. The van der Waals surface area contributed by atoms with Gasteiger partial charge in [-0.2, -0.15) is 5.10 Å². The van der Waals surface area contributed by atoms with Gasteiger partial charge < -0.3 is 10.1 Å². The lowest BCUT2D eigenvalue weighted by atomic mass is 9.97. The highest BCUT2D eigenvalue weighted by molar-refractivity contribution is 5.86. The third-order valence-electron chi connectivity index (χ3n) is 3.52. The quantitative estimate of drug-likeness (QED) is 0.632. The predicted molar refractivity (Wildman–Crippen MR) is 66.4 cm³/mol. The van der Waals surface area contributed by atoms with Crippen LogP contribution in [0.2, 0.25) is 0 Å². The number of aromatic nitrogens is 2. The van der Waals surface area contributed by atoms with Gasteiger partial charge in [0.15, 0.2) is 0 Å². The lowest BCUT2D eigenvalue weighted by molar-refractivity contribution is 0.237. The fourth-order valence-electron chi connectivity index (χ4n) is 2.37. The van der Waals surface area contributed by atoms with Gasteiger partial charge in [-0.25, -0.2) is 0 Å². The Bertz CT molecular complexity index is 399. The molecule has 2 heterocycles. The Kier molecular flexibility index (Phi) is 3.78. The number of nitrogens with zero attached hydrogens (tertiary/aromatic N) is 4. The van der Waals surface area contributed by atoms with E-state index in [2.05, 4.69) is 28.1 Å². The van der Waals surface area contributed by atoms with Gasteiger partial charge in [0.1, 0.15) is 0 Å². The predicted octanol–water partition coefficient (Wildman–Crippen LogP) is 1.13. The standard InChI is InChI=1S/C12H20N4O/c1-10-9-16(8-5-12(10)14-17)7-4-11-3-6-13-15(11)2/h3,6,10,17H,4-5,7-9H2,1-2H3. The SMILES string of the molecule is CC1CN(CCc2ccnn2C)CCC1=NO. The van der Waals surface area contributed by atoms with Crippen molar-refractivity contribution in [2.75, 3.05) is 19.6 Å². The molecule has 0 amide bonds. The van der Waals surface area contributed by atoms with Crippen LogP contribution in [0.3, 0.4) is 0 Å². The summed E-state index contributed by atoms with van der Waals surface area (Å²) in [4.78, 5) is 2.42. The summed E-state index contributed by atoms with van der Waals surface area (Å²) in [5.74, 6) is 0.361. The number of likely N-dealkylation sites (tertiary alicyclic amines) is 1. The van der Waals surface area contributed by atoms with E-state index in [-0.39, 0.29) is 0 Å². The molecule has 0 spiro atoms. The highest BCUT2D eigenvalue weighted by atomic mass is 16.4.